The number of nitro groups is 1. The zero-order valence-electron chi connectivity index (χ0n) is 14.9. The van der Waals surface area contributed by atoms with Crippen LogP contribution >= 0.6 is 0 Å². The van der Waals surface area contributed by atoms with Gasteiger partial charge >= 0.3 is 0 Å². The molecule has 3 aromatic rings. The van der Waals surface area contributed by atoms with Crippen LogP contribution in [0.1, 0.15) is 44.2 Å². The van der Waals surface area contributed by atoms with Gasteiger partial charge in [-0.15, -0.1) is 0 Å². The summed E-state index contributed by atoms with van der Waals surface area (Å²) >= 11 is 0. The van der Waals surface area contributed by atoms with E-state index in [4.69, 9.17) is 0 Å². The quantitative estimate of drug-likeness (QED) is 0.374. The lowest BCUT2D eigenvalue weighted by Gasteiger charge is -2.23. The van der Waals surface area contributed by atoms with Gasteiger partial charge in [-0.2, -0.15) is 0 Å². The highest BCUT2D eigenvalue weighted by Crippen LogP contribution is 2.34. The van der Waals surface area contributed by atoms with Gasteiger partial charge in [0.2, 0.25) is 0 Å². The second kappa shape index (κ2) is 6.79. The van der Waals surface area contributed by atoms with Crippen molar-refractivity contribution in [1.82, 2.24) is 5.32 Å². The second-order valence-electron chi connectivity index (χ2n) is 6.99. The van der Waals surface area contributed by atoms with Gasteiger partial charge in [0, 0.05) is 12.5 Å². The summed E-state index contributed by atoms with van der Waals surface area (Å²) in [6.45, 7) is 2.10. The fraction of sp³-hybridized carbons (Fsp3) is 0.273. The second-order valence-corrected chi connectivity index (χ2v) is 6.99. The van der Waals surface area contributed by atoms with Crippen LogP contribution in [0, 0.1) is 10.1 Å². The van der Waals surface area contributed by atoms with Crippen LogP contribution in [0.2, 0.25) is 0 Å². The van der Waals surface area contributed by atoms with Gasteiger partial charge < -0.3 is 5.32 Å². The summed E-state index contributed by atoms with van der Waals surface area (Å²) in [7, 11) is 0. The lowest BCUT2D eigenvalue weighted by atomic mass is 9.92. The van der Waals surface area contributed by atoms with E-state index in [1.54, 1.807) is 0 Å². The maximum atomic E-state index is 11.4. The molecule has 0 aromatic heterocycles. The van der Waals surface area contributed by atoms with Gasteiger partial charge in [-0.1, -0.05) is 48.5 Å². The van der Waals surface area contributed by atoms with Crippen molar-refractivity contribution >= 4 is 21.5 Å². The standard InChI is InChI=1S/C22H22N2O2/c1-15(23-20-12-6-7-13-21(20)24(25)26)22-18-10-4-2-8-16(18)14-17-9-3-5-11-19(17)22/h2-5,8-11,14-15,23H,6-7,12-13H2,1H3. The van der Waals surface area contributed by atoms with Gasteiger partial charge in [0.25, 0.3) is 5.70 Å². The van der Waals surface area contributed by atoms with Crippen molar-refractivity contribution in [2.75, 3.05) is 0 Å². The molecule has 4 rings (SSSR count). The highest BCUT2D eigenvalue weighted by atomic mass is 16.6. The summed E-state index contributed by atoms with van der Waals surface area (Å²) in [5.41, 5.74) is 2.36. The SMILES string of the molecule is CC(NC1=C([N+](=O)[O-])CCCC1)c1c2ccccc2cc2ccccc12. The number of fused-ring (bicyclic) bond motifs is 2. The smallest absolute Gasteiger partial charge is 0.264 e. The molecule has 1 unspecified atom stereocenters. The number of allylic oxidation sites excluding steroid dienone is 2. The monoisotopic (exact) mass is 346 g/mol. The molecule has 0 bridgehead atoms. The molecule has 26 heavy (non-hydrogen) atoms. The van der Waals surface area contributed by atoms with Crippen LogP contribution in [0.4, 0.5) is 0 Å². The molecule has 0 saturated carbocycles. The van der Waals surface area contributed by atoms with Crippen LogP contribution < -0.4 is 5.32 Å². The minimum atomic E-state index is -0.213. The number of nitrogens with one attached hydrogen (secondary N) is 1. The zero-order chi connectivity index (χ0) is 18.1. The molecule has 3 aromatic carbocycles. The molecule has 1 atom stereocenters. The Morgan fingerprint density at radius 1 is 0.962 bits per heavy atom. The number of benzene rings is 3. The van der Waals surface area contributed by atoms with E-state index in [1.807, 2.05) is 12.1 Å². The zero-order valence-corrected chi connectivity index (χ0v) is 14.9. The van der Waals surface area contributed by atoms with Gasteiger partial charge in [-0.25, -0.2) is 0 Å². The summed E-state index contributed by atoms with van der Waals surface area (Å²) in [6.07, 6.45) is 3.21. The maximum Gasteiger partial charge on any atom is 0.264 e. The Labute approximate surface area is 152 Å². The van der Waals surface area contributed by atoms with Crippen molar-refractivity contribution in [3.8, 4) is 0 Å². The van der Waals surface area contributed by atoms with Gasteiger partial charge in [0.15, 0.2) is 0 Å². The van der Waals surface area contributed by atoms with Crippen LogP contribution in [-0.2, 0) is 0 Å². The van der Waals surface area contributed by atoms with E-state index < -0.39 is 0 Å². The predicted molar refractivity (Wildman–Crippen MR) is 105 cm³/mol. The van der Waals surface area contributed by atoms with E-state index in [9.17, 15) is 10.1 Å². The van der Waals surface area contributed by atoms with E-state index in [2.05, 4.69) is 54.7 Å². The van der Waals surface area contributed by atoms with Gasteiger partial charge in [-0.05, 0) is 59.4 Å². The molecule has 132 valence electrons. The molecule has 1 aliphatic carbocycles. The van der Waals surface area contributed by atoms with Crippen molar-refractivity contribution in [1.29, 1.82) is 0 Å². The Morgan fingerprint density at radius 2 is 1.54 bits per heavy atom. The average Bonchev–Trinajstić information content (AvgIpc) is 2.66. The third-order valence-electron chi connectivity index (χ3n) is 5.30. The third-order valence-corrected chi connectivity index (χ3v) is 5.30. The summed E-state index contributed by atoms with van der Waals surface area (Å²) in [5, 5.41) is 19.7. The first-order chi connectivity index (χ1) is 12.6. The first kappa shape index (κ1) is 16.6. The van der Waals surface area contributed by atoms with Gasteiger partial charge in [0.1, 0.15) is 0 Å². The molecule has 4 heteroatoms. The van der Waals surface area contributed by atoms with Gasteiger partial charge in [-0.3, -0.25) is 10.1 Å². The molecule has 0 heterocycles. The van der Waals surface area contributed by atoms with Crippen molar-refractivity contribution in [2.45, 2.75) is 38.6 Å². The fourth-order valence-electron chi connectivity index (χ4n) is 4.10. The molecule has 4 nitrogen and oxygen atoms in total. The number of rotatable bonds is 4. The van der Waals surface area contributed by atoms with Gasteiger partial charge in [0.05, 0.1) is 10.6 Å². The van der Waals surface area contributed by atoms with Crippen molar-refractivity contribution < 1.29 is 4.92 Å². The highest BCUT2D eigenvalue weighted by Gasteiger charge is 2.24. The Kier molecular flexibility index (Phi) is 4.33. The van der Waals surface area contributed by atoms with Crippen LogP contribution in [0.3, 0.4) is 0 Å². The molecular formula is C22H22N2O2. The third kappa shape index (κ3) is 2.92. The average molecular weight is 346 g/mol. The van der Waals surface area contributed by atoms with E-state index >= 15 is 0 Å². The maximum absolute atomic E-state index is 11.4. The normalized spacial score (nSPS) is 16.0. The largest absolute Gasteiger partial charge is 0.377 e. The molecule has 0 saturated heterocycles. The van der Waals surface area contributed by atoms with Crippen LogP contribution in [0.25, 0.3) is 21.5 Å². The van der Waals surface area contributed by atoms with E-state index in [-0.39, 0.29) is 11.0 Å². The van der Waals surface area contributed by atoms with Crippen molar-refractivity contribution in [2.24, 2.45) is 0 Å². The highest BCUT2D eigenvalue weighted by molar-refractivity contribution is 6.02. The Hall–Kier alpha value is -2.88. The van der Waals surface area contributed by atoms with Crippen LogP contribution in [0.5, 0.6) is 0 Å². The fourth-order valence-corrected chi connectivity index (χ4v) is 4.10. The summed E-state index contributed by atoms with van der Waals surface area (Å²) in [6, 6.07) is 18.9. The first-order valence-electron chi connectivity index (χ1n) is 9.18. The summed E-state index contributed by atoms with van der Waals surface area (Å²) < 4.78 is 0. The Bertz CT molecular complexity index is 969. The lowest BCUT2D eigenvalue weighted by Crippen LogP contribution is -2.24. The lowest BCUT2D eigenvalue weighted by molar-refractivity contribution is -0.430. The molecule has 1 aliphatic rings. The van der Waals surface area contributed by atoms with E-state index in [1.165, 1.54) is 27.1 Å². The number of hydrogen-bond donors (Lipinski definition) is 1. The molecule has 0 amide bonds. The van der Waals surface area contributed by atoms with Crippen molar-refractivity contribution in [3.63, 3.8) is 0 Å². The molecule has 0 spiro atoms. The summed E-state index contributed by atoms with van der Waals surface area (Å²) in [5.74, 6) is 0. The topological polar surface area (TPSA) is 55.2 Å². The molecular weight excluding hydrogens is 324 g/mol. The van der Waals surface area contributed by atoms with Crippen molar-refractivity contribution in [3.05, 3.63) is 81.7 Å². The molecule has 0 radical (unpaired) electrons. The van der Waals surface area contributed by atoms with Crippen LogP contribution in [0.15, 0.2) is 66.0 Å². The van der Waals surface area contributed by atoms with E-state index in [0.29, 0.717) is 12.1 Å². The minimum Gasteiger partial charge on any atom is -0.377 e. The number of nitrogens with zero attached hydrogens (tertiary/aromatic N) is 1. The molecule has 0 aliphatic heterocycles. The molecule has 0 fully saturated rings. The summed E-state index contributed by atoms with van der Waals surface area (Å²) in [4.78, 5) is 11.2. The Morgan fingerprint density at radius 3 is 2.15 bits per heavy atom. The molecule has 1 N–H and O–H groups in total. The number of hydrogen-bond acceptors (Lipinski definition) is 3. The van der Waals surface area contributed by atoms with E-state index in [0.717, 1.165) is 25.0 Å². The predicted octanol–water partition coefficient (Wildman–Crippen LogP) is 5.71. The Balaban J connectivity index is 1.85. The minimum absolute atomic E-state index is 0.00551. The first-order valence-corrected chi connectivity index (χ1v) is 9.18. The van der Waals surface area contributed by atoms with Crippen LogP contribution in [-0.4, -0.2) is 4.92 Å².